The van der Waals surface area contributed by atoms with Crippen LogP contribution in [0.1, 0.15) is 18.5 Å². The van der Waals surface area contributed by atoms with Gasteiger partial charge in [-0.1, -0.05) is 11.6 Å². The molecule has 1 atom stereocenters. The molecule has 0 aromatic heterocycles. The molecule has 0 aliphatic rings. The molecule has 3 nitrogen and oxygen atoms in total. The molecule has 0 aliphatic carbocycles. The van der Waals surface area contributed by atoms with Crippen LogP contribution in [0, 0.1) is 5.82 Å². The molecule has 0 bridgehead atoms. The monoisotopic (exact) mass is 215 g/mol. The van der Waals surface area contributed by atoms with Crippen molar-refractivity contribution in [1.82, 2.24) is 0 Å². The van der Waals surface area contributed by atoms with Crippen molar-refractivity contribution >= 4 is 17.6 Å². The molecule has 0 aliphatic heterocycles. The van der Waals surface area contributed by atoms with Gasteiger partial charge in [0.25, 0.3) is 0 Å². The van der Waals surface area contributed by atoms with Crippen molar-refractivity contribution in [2.75, 3.05) is 0 Å². The van der Waals surface area contributed by atoms with E-state index in [9.17, 15) is 4.39 Å². The Labute approximate surface area is 86.6 Å². The van der Waals surface area contributed by atoms with Crippen LogP contribution >= 0.6 is 11.6 Å². The lowest BCUT2D eigenvalue weighted by Crippen LogP contribution is -2.23. The topological polar surface area (TPSA) is 64.4 Å². The standard InChI is InChI=1S/C9H11ClFN3/c1-5(14-9(12)13)7-4-6(11)2-3-8(7)10/h2-5H,1H3,(H4,12,13,14). The van der Waals surface area contributed by atoms with E-state index in [0.29, 0.717) is 10.6 Å². The van der Waals surface area contributed by atoms with Crippen molar-refractivity contribution in [3.63, 3.8) is 0 Å². The smallest absolute Gasteiger partial charge is 0.186 e. The molecule has 0 amide bonds. The maximum Gasteiger partial charge on any atom is 0.186 e. The average Bonchev–Trinajstić information content (AvgIpc) is 2.08. The summed E-state index contributed by atoms with van der Waals surface area (Å²) in [6, 6.07) is 3.74. The fraction of sp³-hybridized carbons (Fsp3) is 0.222. The largest absolute Gasteiger partial charge is 0.370 e. The summed E-state index contributed by atoms with van der Waals surface area (Å²) in [6.07, 6.45) is 0. The molecular formula is C9H11ClFN3. The Balaban J connectivity index is 3.05. The van der Waals surface area contributed by atoms with Crippen LogP contribution in [0.25, 0.3) is 0 Å². The van der Waals surface area contributed by atoms with Gasteiger partial charge in [-0.25, -0.2) is 9.38 Å². The molecule has 14 heavy (non-hydrogen) atoms. The van der Waals surface area contributed by atoms with Crippen LogP contribution in [0.3, 0.4) is 0 Å². The minimum Gasteiger partial charge on any atom is -0.370 e. The zero-order chi connectivity index (χ0) is 10.7. The molecule has 76 valence electrons. The third kappa shape index (κ3) is 2.60. The van der Waals surface area contributed by atoms with Crippen molar-refractivity contribution in [2.24, 2.45) is 16.5 Å². The maximum atomic E-state index is 12.9. The quantitative estimate of drug-likeness (QED) is 0.584. The summed E-state index contributed by atoms with van der Waals surface area (Å²) < 4.78 is 12.9. The summed E-state index contributed by atoms with van der Waals surface area (Å²) in [5.41, 5.74) is 11.0. The van der Waals surface area contributed by atoms with Crippen LogP contribution in [0.4, 0.5) is 4.39 Å². The number of hydrogen-bond acceptors (Lipinski definition) is 1. The van der Waals surface area contributed by atoms with E-state index in [1.165, 1.54) is 18.2 Å². The maximum absolute atomic E-state index is 12.9. The number of nitrogens with two attached hydrogens (primary N) is 2. The molecule has 1 aromatic rings. The van der Waals surface area contributed by atoms with E-state index in [4.69, 9.17) is 23.1 Å². The molecule has 4 N–H and O–H groups in total. The van der Waals surface area contributed by atoms with Gasteiger partial charge in [0.1, 0.15) is 5.82 Å². The average molecular weight is 216 g/mol. The Morgan fingerprint density at radius 3 is 2.71 bits per heavy atom. The summed E-state index contributed by atoms with van der Waals surface area (Å²) in [6.45, 7) is 1.74. The molecule has 0 spiro atoms. The highest BCUT2D eigenvalue weighted by atomic mass is 35.5. The van der Waals surface area contributed by atoms with Crippen LogP contribution < -0.4 is 11.5 Å². The lowest BCUT2D eigenvalue weighted by atomic mass is 10.1. The number of benzene rings is 1. The molecule has 0 radical (unpaired) electrons. The molecule has 1 unspecified atom stereocenters. The first-order valence-electron chi connectivity index (χ1n) is 4.04. The van der Waals surface area contributed by atoms with E-state index in [1.807, 2.05) is 0 Å². The van der Waals surface area contributed by atoms with Gasteiger partial charge in [-0.2, -0.15) is 0 Å². The lowest BCUT2D eigenvalue weighted by molar-refractivity contribution is 0.622. The Morgan fingerprint density at radius 1 is 1.50 bits per heavy atom. The van der Waals surface area contributed by atoms with Gasteiger partial charge in [-0.3, -0.25) is 0 Å². The predicted octanol–water partition coefficient (Wildman–Crippen LogP) is 1.81. The Hall–Kier alpha value is -1.29. The number of nitrogens with zero attached hydrogens (tertiary/aromatic N) is 1. The van der Waals surface area contributed by atoms with Gasteiger partial charge >= 0.3 is 0 Å². The van der Waals surface area contributed by atoms with E-state index in [2.05, 4.69) is 4.99 Å². The van der Waals surface area contributed by atoms with Gasteiger partial charge in [-0.15, -0.1) is 0 Å². The number of guanidine groups is 1. The second-order valence-electron chi connectivity index (χ2n) is 2.90. The van der Waals surface area contributed by atoms with Crippen LogP contribution in [-0.2, 0) is 0 Å². The zero-order valence-electron chi connectivity index (χ0n) is 7.67. The molecule has 0 fully saturated rings. The zero-order valence-corrected chi connectivity index (χ0v) is 8.42. The Kier molecular flexibility index (Phi) is 3.30. The number of rotatable bonds is 2. The summed E-state index contributed by atoms with van der Waals surface area (Å²) >= 11 is 5.86. The van der Waals surface area contributed by atoms with E-state index in [0.717, 1.165) is 0 Å². The van der Waals surface area contributed by atoms with Crippen molar-refractivity contribution < 1.29 is 4.39 Å². The van der Waals surface area contributed by atoms with E-state index < -0.39 is 0 Å². The molecular weight excluding hydrogens is 205 g/mol. The molecule has 1 rings (SSSR count). The first-order valence-corrected chi connectivity index (χ1v) is 4.42. The fourth-order valence-electron chi connectivity index (χ4n) is 1.13. The molecule has 1 aromatic carbocycles. The van der Waals surface area contributed by atoms with Crippen LogP contribution in [0.2, 0.25) is 5.02 Å². The summed E-state index contributed by atoms with van der Waals surface area (Å²) in [7, 11) is 0. The molecule has 0 saturated heterocycles. The molecule has 5 heteroatoms. The minimum absolute atomic E-state index is 0.0437. The van der Waals surface area contributed by atoms with E-state index in [-0.39, 0.29) is 17.8 Å². The third-order valence-electron chi connectivity index (χ3n) is 1.75. The van der Waals surface area contributed by atoms with Gasteiger partial charge in [-0.05, 0) is 30.7 Å². The predicted molar refractivity (Wildman–Crippen MR) is 55.6 cm³/mol. The van der Waals surface area contributed by atoms with Gasteiger partial charge in [0.2, 0.25) is 0 Å². The first-order chi connectivity index (χ1) is 6.50. The second-order valence-corrected chi connectivity index (χ2v) is 3.30. The summed E-state index contributed by atoms with van der Waals surface area (Å²) in [4.78, 5) is 3.87. The number of hydrogen-bond donors (Lipinski definition) is 2. The Bertz CT molecular complexity index is 361. The van der Waals surface area contributed by atoms with Gasteiger partial charge in [0, 0.05) is 5.02 Å². The van der Waals surface area contributed by atoms with Crippen LogP contribution in [-0.4, -0.2) is 5.96 Å². The highest BCUT2D eigenvalue weighted by molar-refractivity contribution is 6.31. The van der Waals surface area contributed by atoms with Crippen molar-refractivity contribution in [2.45, 2.75) is 13.0 Å². The molecule has 0 saturated carbocycles. The van der Waals surface area contributed by atoms with Gasteiger partial charge in [0.15, 0.2) is 5.96 Å². The number of aliphatic imine (C=N–C) groups is 1. The Morgan fingerprint density at radius 2 is 2.14 bits per heavy atom. The normalized spacial score (nSPS) is 12.2. The lowest BCUT2D eigenvalue weighted by Gasteiger charge is -2.09. The number of halogens is 2. The third-order valence-corrected chi connectivity index (χ3v) is 2.10. The van der Waals surface area contributed by atoms with Gasteiger partial charge in [0.05, 0.1) is 6.04 Å². The van der Waals surface area contributed by atoms with E-state index in [1.54, 1.807) is 6.92 Å². The van der Waals surface area contributed by atoms with Crippen molar-refractivity contribution in [3.8, 4) is 0 Å². The first kappa shape index (κ1) is 10.8. The molecule has 0 heterocycles. The summed E-state index contributed by atoms with van der Waals surface area (Å²) in [5.74, 6) is -0.403. The van der Waals surface area contributed by atoms with Crippen LogP contribution in [0.5, 0.6) is 0 Å². The highest BCUT2D eigenvalue weighted by Crippen LogP contribution is 2.25. The second kappa shape index (κ2) is 4.28. The van der Waals surface area contributed by atoms with Crippen molar-refractivity contribution in [1.29, 1.82) is 0 Å². The fourth-order valence-corrected chi connectivity index (χ4v) is 1.40. The minimum atomic E-state index is -0.359. The van der Waals surface area contributed by atoms with Gasteiger partial charge < -0.3 is 11.5 Å². The highest BCUT2D eigenvalue weighted by Gasteiger charge is 2.09. The van der Waals surface area contributed by atoms with Crippen molar-refractivity contribution in [3.05, 3.63) is 34.6 Å². The van der Waals surface area contributed by atoms with Crippen LogP contribution in [0.15, 0.2) is 23.2 Å². The summed E-state index contributed by atoms with van der Waals surface area (Å²) in [5, 5.41) is 0.448. The van der Waals surface area contributed by atoms with E-state index >= 15 is 0 Å². The SMILES string of the molecule is CC(N=C(N)N)c1cc(F)ccc1Cl.